The van der Waals surface area contributed by atoms with Gasteiger partial charge in [0.2, 0.25) is 0 Å². The van der Waals surface area contributed by atoms with Crippen LogP contribution in [0.15, 0.2) is 47.8 Å². The van der Waals surface area contributed by atoms with E-state index in [9.17, 15) is 4.79 Å². The number of nitrogens with one attached hydrogen (secondary N) is 3. The third-order valence-electron chi connectivity index (χ3n) is 4.16. The van der Waals surface area contributed by atoms with Gasteiger partial charge in [0.25, 0.3) is 5.91 Å². The minimum Gasteiger partial charge on any atom is -0.351 e. The van der Waals surface area contributed by atoms with Gasteiger partial charge in [-0.1, -0.05) is 18.2 Å². The van der Waals surface area contributed by atoms with Gasteiger partial charge in [0.1, 0.15) is 0 Å². The Balaban J connectivity index is 1.97. The van der Waals surface area contributed by atoms with Gasteiger partial charge in [-0.15, -0.1) is 0 Å². The molecule has 7 heteroatoms. The summed E-state index contributed by atoms with van der Waals surface area (Å²) < 4.78 is 1.86. The predicted octanol–water partition coefficient (Wildman–Crippen LogP) is 2.64. The van der Waals surface area contributed by atoms with E-state index < -0.39 is 0 Å². The molecular weight excluding hydrogens is 334 g/mol. The van der Waals surface area contributed by atoms with E-state index in [-0.39, 0.29) is 11.9 Å². The molecule has 1 aliphatic heterocycles. The van der Waals surface area contributed by atoms with E-state index in [0.717, 1.165) is 29.2 Å². The van der Waals surface area contributed by atoms with Crippen LogP contribution < -0.4 is 16.0 Å². The Bertz CT molecular complexity index is 840. The van der Waals surface area contributed by atoms with Gasteiger partial charge in [0.15, 0.2) is 5.11 Å². The molecule has 0 fully saturated rings. The zero-order chi connectivity index (χ0) is 18.0. The standard InChI is InChI=1S/C18H21N5OS/c1-4-23-10-14(11(2)22-23)16-15(12(3)19-18(25)21-16)17(24)20-13-8-6-5-7-9-13/h5-10,16H,4H2,1-3H3,(H,20,24)(H2,19,21,25). The maximum atomic E-state index is 12.9. The Hall–Kier alpha value is -2.67. The first-order valence-corrected chi connectivity index (χ1v) is 8.59. The van der Waals surface area contributed by atoms with Crippen molar-refractivity contribution < 1.29 is 4.79 Å². The monoisotopic (exact) mass is 355 g/mol. The third-order valence-corrected chi connectivity index (χ3v) is 4.38. The molecule has 0 aliphatic carbocycles. The highest BCUT2D eigenvalue weighted by Crippen LogP contribution is 2.29. The summed E-state index contributed by atoms with van der Waals surface area (Å²) >= 11 is 5.29. The van der Waals surface area contributed by atoms with Crippen molar-refractivity contribution in [1.29, 1.82) is 0 Å². The number of amides is 1. The number of carbonyl (C=O) groups excluding carboxylic acids is 1. The Morgan fingerprint density at radius 3 is 2.68 bits per heavy atom. The van der Waals surface area contributed by atoms with Crippen LogP contribution in [0.2, 0.25) is 0 Å². The van der Waals surface area contributed by atoms with Crippen molar-refractivity contribution in [1.82, 2.24) is 20.4 Å². The number of aryl methyl sites for hydroxylation is 2. The molecule has 1 aromatic carbocycles. The third kappa shape index (κ3) is 3.56. The predicted molar refractivity (Wildman–Crippen MR) is 102 cm³/mol. The molecule has 1 unspecified atom stereocenters. The second-order valence-electron chi connectivity index (χ2n) is 5.92. The SMILES string of the molecule is CCn1cc(C2NC(=S)NC(C)=C2C(=O)Nc2ccccc2)c(C)n1. The molecule has 1 atom stereocenters. The van der Waals surface area contributed by atoms with Crippen molar-refractivity contribution in [3.8, 4) is 0 Å². The number of benzene rings is 1. The van der Waals surface area contributed by atoms with E-state index in [4.69, 9.17) is 12.2 Å². The first-order valence-electron chi connectivity index (χ1n) is 8.18. The first-order chi connectivity index (χ1) is 12.0. The molecule has 130 valence electrons. The van der Waals surface area contributed by atoms with Crippen LogP contribution in [0.1, 0.15) is 31.1 Å². The molecule has 0 radical (unpaired) electrons. The number of carbonyl (C=O) groups is 1. The Kier molecular flexibility index (Phi) is 4.85. The Morgan fingerprint density at radius 1 is 1.32 bits per heavy atom. The average Bonchev–Trinajstić information content (AvgIpc) is 2.95. The van der Waals surface area contributed by atoms with E-state index in [1.165, 1.54) is 0 Å². The van der Waals surface area contributed by atoms with E-state index in [1.54, 1.807) is 0 Å². The molecule has 1 amide bonds. The van der Waals surface area contributed by atoms with Gasteiger partial charge in [0, 0.05) is 29.7 Å². The molecule has 3 N–H and O–H groups in total. The minimum atomic E-state index is -0.335. The second-order valence-corrected chi connectivity index (χ2v) is 6.32. The number of rotatable bonds is 4. The van der Waals surface area contributed by atoms with Gasteiger partial charge in [-0.25, -0.2) is 0 Å². The summed E-state index contributed by atoms with van der Waals surface area (Å²) in [4.78, 5) is 12.9. The number of allylic oxidation sites excluding steroid dienone is 1. The lowest BCUT2D eigenvalue weighted by Gasteiger charge is -2.30. The summed E-state index contributed by atoms with van der Waals surface area (Å²) in [5.74, 6) is -0.167. The molecule has 0 spiro atoms. The molecule has 1 aromatic heterocycles. The fraction of sp³-hybridized carbons (Fsp3) is 0.278. The van der Waals surface area contributed by atoms with Crippen LogP contribution in [0.25, 0.3) is 0 Å². The van der Waals surface area contributed by atoms with Crippen LogP contribution in [0, 0.1) is 6.92 Å². The fourth-order valence-electron chi connectivity index (χ4n) is 2.93. The number of thiocarbonyl (C=S) groups is 1. The van der Waals surface area contributed by atoms with Gasteiger partial charge in [0.05, 0.1) is 17.3 Å². The van der Waals surface area contributed by atoms with Crippen molar-refractivity contribution in [2.75, 3.05) is 5.32 Å². The van der Waals surface area contributed by atoms with Gasteiger partial charge >= 0.3 is 0 Å². The summed E-state index contributed by atoms with van der Waals surface area (Å²) in [6.45, 7) is 6.60. The van der Waals surface area contributed by atoms with Crippen molar-refractivity contribution in [3.63, 3.8) is 0 Å². The average molecular weight is 355 g/mol. The molecule has 0 saturated heterocycles. The molecule has 0 saturated carbocycles. The summed E-state index contributed by atoms with van der Waals surface area (Å²) in [5.41, 5.74) is 3.92. The molecule has 25 heavy (non-hydrogen) atoms. The van der Waals surface area contributed by atoms with Crippen LogP contribution in [0.3, 0.4) is 0 Å². The maximum Gasteiger partial charge on any atom is 0.255 e. The van der Waals surface area contributed by atoms with Crippen molar-refractivity contribution in [2.45, 2.75) is 33.4 Å². The van der Waals surface area contributed by atoms with Crippen LogP contribution in [0.4, 0.5) is 5.69 Å². The second kappa shape index (κ2) is 7.06. The number of nitrogens with zero attached hydrogens (tertiary/aromatic N) is 2. The summed E-state index contributed by atoms with van der Waals surface area (Å²) in [6, 6.07) is 9.06. The molecule has 2 aromatic rings. The highest BCUT2D eigenvalue weighted by atomic mass is 32.1. The normalized spacial score (nSPS) is 17.1. The van der Waals surface area contributed by atoms with Crippen LogP contribution >= 0.6 is 12.2 Å². The molecule has 2 heterocycles. The quantitative estimate of drug-likeness (QED) is 0.736. The lowest BCUT2D eigenvalue weighted by atomic mass is 9.95. The van der Waals surface area contributed by atoms with Gasteiger partial charge in [-0.3, -0.25) is 9.48 Å². The highest BCUT2D eigenvalue weighted by Gasteiger charge is 2.32. The molecular formula is C18H21N5OS. The highest BCUT2D eigenvalue weighted by molar-refractivity contribution is 7.80. The first kappa shape index (κ1) is 17.2. The summed E-state index contributed by atoms with van der Waals surface area (Å²) in [6.07, 6.45) is 1.96. The smallest absolute Gasteiger partial charge is 0.255 e. The van der Waals surface area contributed by atoms with Gasteiger partial charge in [-0.2, -0.15) is 5.10 Å². The van der Waals surface area contributed by atoms with E-state index in [0.29, 0.717) is 10.7 Å². The van der Waals surface area contributed by atoms with E-state index in [1.807, 2.05) is 62.0 Å². The number of aromatic nitrogens is 2. The van der Waals surface area contributed by atoms with Crippen LogP contribution in [0.5, 0.6) is 0 Å². The largest absolute Gasteiger partial charge is 0.351 e. The molecule has 0 bridgehead atoms. The van der Waals surface area contributed by atoms with Gasteiger partial charge in [-0.05, 0) is 45.1 Å². The van der Waals surface area contributed by atoms with Crippen molar-refractivity contribution >= 4 is 28.9 Å². The fourth-order valence-corrected chi connectivity index (χ4v) is 3.20. The van der Waals surface area contributed by atoms with Gasteiger partial charge < -0.3 is 16.0 Å². The number of hydrogen-bond donors (Lipinski definition) is 3. The molecule has 3 rings (SSSR count). The zero-order valence-corrected chi connectivity index (χ0v) is 15.3. The lowest BCUT2D eigenvalue weighted by molar-refractivity contribution is -0.113. The minimum absolute atomic E-state index is 0.167. The van der Waals surface area contributed by atoms with Crippen molar-refractivity contribution in [2.24, 2.45) is 0 Å². The number of hydrogen-bond acceptors (Lipinski definition) is 3. The van der Waals surface area contributed by atoms with E-state index in [2.05, 4.69) is 21.0 Å². The topological polar surface area (TPSA) is 71.0 Å². The summed E-state index contributed by atoms with van der Waals surface area (Å²) in [7, 11) is 0. The molecule has 6 nitrogen and oxygen atoms in total. The lowest BCUT2D eigenvalue weighted by Crippen LogP contribution is -2.45. The number of para-hydroxylation sites is 1. The van der Waals surface area contributed by atoms with Crippen LogP contribution in [-0.4, -0.2) is 20.8 Å². The Morgan fingerprint density at radius 2 is 2.04 bits per heavy atom. The summed E-state index contributed by atoms with van der Waals surface area (Å²) in [5, 5.41) is 14.2. The number of anilines is 1. The zero-order valence-electron chi connectivity index (χ0n) is 14.5. The van der Waals surface area contributed by atoms with E-state index >= 15 is 0 Å². The van der Waals surface area contributed by atoms with Crippen molar-refractivity contribution in [3.05, 3.63) is 59.1 Å². The molecule has 1 aliphatic rings. The maximum absolute atomic E-state index is 12.9. The Labute approximate surface area is 152 Å². The van der Waals surface area contributed by atoms with Crippen LogP contribution in [-0.2, 0) is 11.3 Å².